The Morgan fingerprint density at radius 2 is 1.79 bits per heavy atom. The predicted molar refractivity (Wildman–Crippen MR) is 114 cm³/mol. The molecule has 0 aromatic heterocycles. The van der Waals surface area contributed by atoms with E-state index in [0.29, 0.717) is 18.8 Å². The van der Waals surface area contributed by atoms with Gasteiger partial charge >= 0.3 is 0 Å². The standard InChI is InChI=1S/C20H22F2N4O6S/c1-32-12-7-23-18-6-5-14(26(28)29)13-15(18)20(27)24-8-10-25(11-9-24)33(30,31)19-16(21)3-2-4-17(19)22/h2-6,13,23H,7-12H2,1H3. The third-order valence-corrected chi connectivity index (χ3v) is 7.06. The minimum atomic E-state index is -4.45. The number of halogens is 2. The largest absolute Gasteiger partial charge is 0.383 e. The molecule has 0 unspecified atom stereocenters. The van der Waals surface area contributed by atoms with Gasteiger partial charge in [-0.05, 0) is 18.2 Å². The highest BCUT2D eigenvalue weighted by Gasteiger charge is 2.34. The molecular weight excluding hydrogens is 462 g/mol. The third kappa shape index (κ3) is 5.26. The third-order valence-electron chi connectivity index (χ3n) is 5.11. The highest BCUT2D eigenvalue weighted by atomic mass is 32.2. The number of hydrogen-bond donors (Lipinski definition) is 1. The summed E-state index contributed by atoms with van der Waals surface area (Å²) in [6, 6.07) is 6.61. The number of nitro benzene ring substituents is 1. The number of nitrogens with one attached hydrogen (secondary N) is 1. The zero-order valence-electron chi connectivity index (χ0n) is 17.7. The van der Waals surface area contributed by atoms with Gasteiger partial charge < -0.3 is 15.0 Å². The van der Waals surface area contributed by atoms with E-state index in [0.717, 1.165) is 28.6 Å². The zero-order chi connectivity index (χ0) is 24.2. The molecule has 13 heteroatoms. The zero-order valence-corrected chi connectivity index (χ0v) is 18.5. The van der Waals surface area contributed by atoms with E-state index in [2.05, 4.69) is 5.32 Å². The maximum absolute atomic E-state index is 14.0. The number of methoxy groups -OCH3 is 1. The number of amides is 1. The number of carbonyl (C=O) groups is 1. The van der Waals surface area contributed by atoms with Crippen LogP contribution >= 0.6 is 0 Å². The van der Waals surface area contributed by atoms with Crippen LogP contribution in [-0.4, -0.2) is 74.9 Å². The Kier molecular flexibility index (Phi) is 7.56. The number of carbonyl (C=O) groups excluding carboxylic acids is 1. The first-order valence-corrected chi connectivity index (χ1v) is 11.4. The minimum absolute atomic E-state index is 0.0526. The summed E-state index contributed by atoms with van der Waals surface area (Å²) in [7, 11) is -2.94. The number of sulfonamides is 1. The number of non-ortho nitro benzene ring substituents is 1. The van der Waals surface area contributed by atoms with Crippen molar-refractivity contribution < 1.29 is 31.7 Å². The lowest BCUT2D eigenvalue weighted by Crippen LogP contribution is -2.50. The number of rotatable bonds is 8. The minimum Gasteiger partial charge on any atom is -0.383 e. The fourth-order valence-electron chi connectivity index (χ4n) is 3.42. The summed E-state index contributed by atoms with van der Waals surface area (Å²) in [6.07, 6.45) is 0. The van der Waals surface area contributed by atoms with Crippen molar-refractivity contribution in [2.24, 2.45) is 0 Å². The molecule has 1 N–H and O–H groups in total. The van der Waals surface area contributed by atoms with Gasteiger partial charge in [-0.25, -0.2) is 17.2 Å². The molecule has 1 aliphatic rings. The van der Waals surface area contributed by atoms with E-state index in [4.69, 9.17) is 4.74 Å². The Morgan fingerprint density at radius 3 is 2.36 bits per heavy atom. The molecule has 0 radical (unpaired) electrons. The van der Waals surface area contributed by atoms with Gasteiger partial charge in [0.15, 0.2) is 4.90 Å². The highest BCUT2D eigenvalue weighted by Crippen LogP contribution is 2.26. The van der Waals surface area contributed by atoms with E-state index in [1.165, 1.54) is 24.1 Å². The van der Waals surface area contributed by atoms with Crippen molar-refractivity contribution in [3.63, 3.8) is 0 Å². The molecule has 3 rings (SSSR count). The predicted octanol–water partition coefficient (Wildman–Crippen LogP) is 2.08. The topological polar surface area (TPSA) is 122 Å². The summed E-state index contributed by atoms with van der Waals surface area (Å²) in [5, 5.41) is 14.2. The Balaban J connectivity index is 1.79. The molecule has 178 valence electrons. The van der Waals surface area contributed by atoms with Crippen LogP contribution in [0, 0.1) is 21.7 Å². The number of nitro groups is 1. The molecule has 0 atom stereocenters. The summed E-state index contributed by atoms with van der Waals surface area (Å²) in [5.74, 6) is -2.93. The summed E-state index contributed by atoms with van der Waals surface area (Å²) in [5.41, 5.74) is 0.148. The summed E-state index contributed by atoms with van der Waals surface area (Å²) < 4.78 is 59.4. The van der Waals surface area contributed by atoms with Gasteiger partial charge in [0.25, 0.3) is 11.6 Å². The Bertz CT molecular complexity index is 1130. The van der Waals surface area contributed by atoms with Gasteiger partial charge in [-0.2, -0.15) is 4.31 Å². The molecule has 2 aromatic rings. The lowest BCUT2D eigenvalue weighted by Gasteiger charge is -2.34. The number of ether oxygens (including phenoxy) is 1. The molecule has 0 aliphatic carbocycles. The Labute approximate surface area is 188 Å². The van der Waals surface area contributed by atoms with Gasteiger partial charge in [-0.1, -0.05) is 6.07 Å². The van der Waals surface area contributed by atoms with E-state index in [1.807, 2.05) is 0 Å². The molecule has 1 heterocycles. The fraction of sp³-hybridized carbons (Fsp3) is 0.350. The maximum atomic E-state index is 14.0. The van der Waals surface area contributed by atoms with Crippen LogP contribution in [0.4, 0.5) is 20.2 Å². The molecule has 1 amide bonds. The van der Waals surface area contributed by atoms with Crippen molar-refractivity contribution in [3.05, 3.63) is 63.7 Å². The van der Waals surface area contributed by atoms with E-state index in [-0.39, 0.29) is 37.4 Å². The van der Waals surface area contributed by atoms with E-state index < -0.39 is 37.4 Å². The Morgan fingerprint density at radius 1 is 1.15 bits per heavy atom. The van der Waals surface area contributed by atoms with Crippen molar-refractivity contribution in [2.45, 2.75) is 4.90 Å². The Hall–Kier alpha value is -3.16. The molecule has 2 aromatic carbocycles. The molecule has 33 heavy (non-hydrogen) atoms. The lowest BCUT2D eigenvalue weighted by molar-refractivity contribution is -0.384. The highest BCUT2D eigenvalue weighted by molar-refractivity contribution is 7.89. The monoisotopic (exact) mass is 484 g/mol. The number of nitrogens with zero attached hydrogens (tertiary/aromatic N) is 3. The van der Waals surface area contributed by atoms with Crippen molar-refractivity contribution in [3.8, 4) is 0 Å². The SMILES string of the molecule is COCCNc1ccc([N+](=O)[O-])cc1C(=O)N1CCN(S(=O)(=O)c2c(F)cccc2F)CC1. The lowest BCUT2D eigenvalue weighted by atomic mass is 10.1. The smallest absolute Gasteiger partial charge is 0.270 e. The molecule has 1 fully saturated rings. The van der Waals surface area contributed by atoms with Gasteiger partial charge in [0.05, 0.1) is 17.1 Å². The summed E-state index contributed by atoms with van der Waals surface area (Å²) in [4.78, 5) is 24.0. The van der Waals surface area contributed by atoms with Crippen LogP contribution in [0.5, 0.6) is 0 Å². The van der Waals surface area contributed by atoms with Crippen LogP contribution in [-0.2, 0) is 14.8 Å². The second kappa shape index (κ2) is 10.2. The summed E-state index contributed by atoms with van der Waals surface area (Å²) >= 11 is 0. The van der Waals surface area contributed by atoms with E-state index in [9.17, 15) is 32.1 Å². The van der Waals surface area contributed by atoms with Gasteiger partial charge in [-0.3, -0.25) is 14.9 Å². The van der Waals surface area contributed by atoms with Crippen LogP contribution in [0.15, 0.2) is 41.3 Å². The number of benzene rings is 2. The molecular formula is C20H22F2N4O6S. The number of hydrogen-bond acceptors (Lipinski definition) is 7. The molecule has 0 spiro atoms. The molecule has 1 saturated heterocycles. The first-order chi connectivity index (χ1) is 15.7. The van der Waals surface area contributed by atoms with Gasteiger partial charge in [-0.15, -0.1) is 0 Å². The van der Waals surface area contributed by atoms with Crippen LogP contribution in [0.2, 0.25) is 0 Å². The quantitative estimate of drug-likeness (QED) is 0.346. The average Bonchev–Trinajstić information content (AvgIpc) is 2.78. The van der Waals surface area contributed by atoms with Crippen molar-refractivity contribution >= 4 is 27.3 Å². The second-order valence-corrected chi connectivity index (χ2v) is 9.03. The van der Waals surface area contributed by atoms with Crippen LogP contribution in [0.1, 0.15) is 10.4 Å². The van der Waals surface area contributed by atoms with Crippen LogP contribution in [0.25, 0.3) is 0 Å². The van der Waals surface area contributed by atoms with Gasteiger partial charge in [0.2, 0.25) is 10.0 Å². The fourth-order valence-corrected chi connectivity index (χ4v) is 4.96. The number of piperazine rings is 1. The van der Waals surface area contributed by atoms with Crippen molar-refractivity contribution in [1.82, 2.24) is 9.21 Å². The van der Waals surface area contributed by atoms with Crippen molar-refractivity contribution in [1.29, 1.82) is 0 Å². The molecule has 0 bridgehead atoms. The number of anilines is 1. The molecule has 10 nitrogen and oxygen atoms in total. The van der Waals surface area contributed by atoms with Crippen molar-refractivity contribution in [2.75, 3.05) is 51.8 Å². The van der Waals surface area contributed by atoms with E-state index >= 15 is 0 Å². The first-order valence-electron chi connectivity index (χ1n) is 9.91. The second-order valence-electron chi connectivity index (χ2n) is 7.15. The average molecular weight is 484 g/mol. The first kappa shape index (κ1) is 24.5. The van der Waals surface area contributed by atoms with E-state index in [1.54, 1.807) is 0 Å². The molecule has 0 saturated carbocycles. The maximum Gasteiger partial charge on any atom is 0.270 e. The normalized spacial score (nSPS) is 14.8. The van der Waals surface area contributed by atoms with Crippen LogP contribution < -0.4 is 5.32 Å². The van der Waals surface area contributed by atoms with Gasteiger partial charge in [0, 0.05) is 57.7 Å². The summed E-state index contributed by atoms with van der Waals surface area (Å²) in [6.45, 7) is 0.192. The van der Waals surface area contributed by atoms with Crippen LogP contribution in [0.3, 0.4) is 0 Å². The molecule has 1 aliphatic heterocycles. The van der Waals surface area contributed by atoms with Gasteiger partial charge in [0.1, 0.15) is 11.6 Å².